The number of piperazine rings is 1. The van der Waals surface area contributed by atoms with E-state index >= 15 is 4.39 Å². The molecule has 208 valence electrons. The van der Waals surface area contributed by atoms with Crippen LogP contribution in [0.25, 0.3) is 27.8 Å². The number of hydrogen-bond donors (Lipinski definition) is 2. The molecule has 2 N–H and O–H groups in total. The second-order valence-electron chi connectivity index (χ2n) is 10.2. The molecule has 1 atom stereocenters. The molecule has 0 aliphatic carbocycles. The van der Waals surface area contributed by atoms with Gasteiger partial charge < -0.3 is 20.0 Å². The molecule has 1 amide bonds. The lowest BCUT2D eigenvalue weighted by atomic mass is 10.0. The topological polar surface area (TPSA) is 125 Å². The number of phenols is 1. The Kier molecular flexibility index (Phi) is 6.86. The van der Waals surface area contributed by atoms with Crippen LogP contribution in [0.2, 0.25) is 0 Å². The molecular formula is C28H28F2N6O4. The van der Waals surface area contributed by atoms with E-state index in [2.05, 4.69) is 15.0 Å². The molecule has 1 aromatic carbocycles. The third-order valence-electron chi connectivity index (χ3n) is 7.17. The fraction of sp³-hybridized carbons (Fsp3) is 0.321. The third kappa shape index (κ3) is 4.38. The molecule has 5 rings (SSSR count). The van der Waals surface area contributed by atoms with E-state index in [0.29, 0.717) is 16.9 Å². The third-order valence-corrected chi connectivity index (χ3v) is 7.17. The van der Waals surface area contributed by atoms with Crippen molar-refractivity contribution in [3.05, 3.63) is 70.0 Å². The first-order valence-corrected chi connectivity index (χ1v) is 12.8. The number of rotatable bonds is 4. The van der Waals surface area contributed by atoms with Crippen LogP contribution in [0.15, 0.2) is 41.5 Å². The molecule has 0 spiro atoms. The maximum Gasteiger partial charge on any atom is 0.407 e. The lowest BCUT2D eigenvalue weighted by Gasteiger charge is -2.39. The second-order valence-corrected chi connectivity index (χ2v) is 10.2. The van der Waals surface area contributed by atoms with Crippen molar-refractivity contribution in [3.8, 4) is 22.7 Å². The second kappa shape index (κ2) is 10.2. The molecule has 1 saturated heterocycles. The molecule has 1 aliphatic rings. The summed E-state index contributed by atoms with van der Waals surface area (Å²) < 4.78 is 32.7. The fourth-order valence-electron chi connectivity index (χ4n) is 5.23. The summed E-state index contributed by atoms with van der Waals surface area (Å²) >= 11 is 0. The van der Waals surface area contributed by atoms with Gasteiger partial charge in [0.1, 0.15) is 28.6 Å². The van der Waals surface area contributed by atoms with E-state index in [1.165, 1.54) is 23.2 Å². The molecule has 4 heterocycles. The average molecular weight is 551 g/mol. The number of pyridine rings is 2. The number of nitrogens with zero attached hydrogens (tertiary/aromatic N) is 6. The standard InChI is InChI=1S/C28H28F2N6O4/c1-14(2)22-24(15(3)8-9-31-22)36-25-17(12-32-23(21(25)30)20-18(29)6-5-7-19(20)37)26(33-27(36)38)35-11-10-34(28(39)40)13-16(35)4/h5-9,12,14,16,37H,10-11,13H2,1-4H3,(H,39,40)/t16-/m0/s1. The number of hydrogen-bond acceptors (Lipinski definition) is 7. The van der Waals surface area contributed by atoms with Crippen LogP contribution in [0.3, 0.4) is 0 Å². The number of aromatic hydroxyl groups is 1. The smallest absolute Gasteiger partial charge is 0.407 e. The Labute approximate surface area is 228 Å². The average Bonchev–Trinajstić information content (AvgIpc) is 2.89. The molecular weight excluding hydrogens is 522 g/mol. The Hall–Kier alpha value is -4.61. The van der Waals surface area contributed by atoms with Gasteiger partial charge in [-0.15, -0.1) is 0 Å². The molecule has 0 saturated carbocycles. The summed E-state index contributed by atoms with van der Waals surface area (Å²) in [5, 5.41) is 20.0. The van der Waals surface area contributed by atoms with Crippen molar-refractivity contribution in [3.63, 3.8) is 0 Å². The molecule has 0 radical (unpaired) electrons. The maximum atomic E-state index is 16.7. The monoisotopic (exact) mass is 550 g/mol. The molecule has 0 bridgehead atoms. The number of amides is 1. The van der Waals surface area contributed by atoms with Crippen LogP contribution in [0, 0.1) is 18.6 Å². The zero-order valence-electron chi connectivity index (χ0n) is 22.4. The van der Waals surface area contributed by atoms with E-state index in [1.54, 1.807) is 31.0 Å². The minimum Gasteiger partial charge on any atom is -0.507 e. The van der Waals surface area contributed by atoms with Gasteiger partial charge in [-0.25, -0.2) is 18.4 Å². The van der Waals surface area contributed by atoms with Gasteiger partial charge in [0.05, 0.1) is 22.3 Å². The minimum absolute atomic E-state index is 0.136. The van der Waals surface area contributed by atoms with Crippen molar-refractivity contribution in [1.29, 1.82) is 0 Å². The van der Waals surface area contributed by atoms with Crippen molar-refractivity contribution >= 4 is 22.8 Å². The normalized spacial score (nSPS) is 15.7. The Morgan fingerprint density at radius 3 is 2.55 bits per heavy atom. The molecule has 1 fully saturated rings. The molecule has 1 aliphatic heterocycles. The van der Waals surface area contributed by atoms with Crippen LogP contribution in [0.1, 0.15) is 37.9 Å². The molecule has 12 heteroatoms. The number of fused-ring (bicyclic) bond motifs is 1. The van der Waals surface area contributed by atoms with Crippen LogP contribution >= 0.6 is 0 Å². The van der Waals surface area contributed by atoms with E-state index in [1.807, 2.05) is 13.8 Å². The quantitative estimate of drug-likeness (QED) is 0.382. The van der Waals surface area contributed by atoms with Crippen LogP contribution in [0.5, 0.6) is 5.75 Å². The van der Waals surface area contributed by atoms with Crippen LogP contribution in [-0.2, 0) is 0 Å². The summed E-state index contributed by atoms with van der Waals surface area (Å²) in [6.07, 6.45) is 1.85. The van der Waals surface area contributed by atoms with E-state index in [4.69, 9.17) is 0 Å². The molecule has 0 unspecified atom stereocenters. The van der Waals surface area contributed by atoms with Gasteiger partial charge in [-0.2, -0.15) is 4.98 Å². The molecule has 10 nitrogen and oxygen atoms in total. The number of carbonyl (C=O) groups is 1. The first-order chi connectivity index (χ1) is 19.0. The SMILES string of the molecule is Cc1ccnc(C(C)C)c1-n1c(=O)nc(N2CCN(C(=O)O)C[C@@H]2C)c2cnc(-c3c(O)cccc3F)c(F)c21. The number of anilines is 1. The maximum absolute atomic E-state index is 16.7. The first-order valence-electron chi connectivity index (χ1n) is 12.8. The van der Waals surface area contributed by atoms with Gasteiger partial charge in [-0.1, -0.05) is 19.9 Å². The highest BCUT2D eigenvalue weighted by Crippen LogP contribution is 2.38. The van der Waals surface area contributed by atoms with Gasteiger partial charge in [-0.05, 0) is 43.5 Å². The van der Waals surface area contributed by atoms with Crippen LogP contribution in [-0.4, -0.2) is 66.4 Å². The van der Waals surface area contributed by atoms with Crippen LogP contribution < -0.4 is 10.6 Å². The summed E-state index contributed by atoms with van der Waals surface area (Å²) in [5.74, 6) is -2.41. The van der Waals surface area contributed by atoms with Gasteiger partial charge in [0.25, 0.3) is 0 Å². The molecule has 40 heavy (non-hydrogen) atoms. The Bertz CT molecular complexity index is 1690. The number of phenolic OH excluding ortho intramolecular Hbond substituents is 1. The summed E-state index contributed by atoms with van der Waals surface area (Å²) in [4.78, 5) is 41.3. The van der Waals surface area contributed by atoms with Gasteiger partial charge >= 0.3 is 11.8 Å². The van der Waals surface area contributed by atoms with E-state index < -0.39 is 40.4 Å². The largest absolute Gasteiger partial charge is 0.507 e. The Balaban J connectivity index is 1.87. The molecule has 3 aromatic heterocycles. The van der Waals surface area contributed by atoms with Crippen molar-refractivity contribution in [2.24, 2.45) is 0 Å². The Morgan fingerprint density at radius 1 is 1.15 bits per heavy atom. The highest BCUT2D eigenvalue weighted by Gasteiger charge is 2.32. The minimum atomic E-state index is -1.06. The summed E-state index contributed by atoms with van der Waals surface area (Å²) in [5.41, 5.74) is -0.362. The number of aromatic nitrogens is 4. The van der Waals surface area contributed by atoms with E-state index in [-0.39, 0.29) is 48.3 Å². The summed E-state index contributed by atoms with van der Waals surface area (Å²) in [6, 6.07) is 4.90. The lowest BCUT2D eigenvalue weighted by molar-refractivity contribution is 0.136. The summed E-state index contributed by atoms with van der Waals surface area (Å²) in [6.45, 7) is 7.85. The lowest BCUT2D eigenvalue weighted by Crippen LogP contribution is -2.54. The van der Waals surface area contributed by atoms with Crippen molar-refractivity contribution in [2.75, 3.05) is 24.5 Å². The van der Waals surface area contributed by atoms with Gasteiger partial charge in [0, 0.05) is 38.1 Å². The van der Waals surface area contributed by atoms with Crippen LogP contribution in [0.4, 0.5) is 19.4 Å². The predicted octanol–water partition coefficient (Wildman–Crippen LogP) is 4.45. The Morgan fingerprint density at radius 2 is 1.90 bits per heavy atom. The van der Waals surface area contributed by atoms with Crippen molar-refractivity contribution in [2.45, 2.75) is 39.7 Å². The number of halogens is 2. The zero-order valence-corrected chi connectivity index (χ0v) is 22.4. The first kappa shape index (κ1) is 27.0. The number of benzene rings is 1. The van der Waals surface area contributed by atoms with E-state index in [0.717, 1.165) is 10.6 Å². The van der Waals surface area contributed by atoms with Crippen molar-refractivity contribution < 1.29 is 23.8 Å². The number of aryl methyl sites for hydroxylation is 1. The van der Waals surface area contributed by atoms with Gasteiger partial charge in [0.2, 0.25) is 0 Å². The molecule has 4 aromatic rings. The fourth-order valence-corrected chi connectivity index (χ4v) is 5.23. The van der Waals surface area contributed by atoms with Crippen molar-refractivity contribution in [1.82, 2.24) is 24.4 Å². The van der Waals surface area contributed by atoms with Gasteiger partial charge in [-0.3, -0.25) is 14.5 Å². The zero-order chi connectivity index (χ0) is 28.9. The van der Waals surface area contributed by atoms with Gasteiger partial charge in [0.15, 0.2) is 5.82 Å². The predicted molar refractivity (Wildman–Crippen MR) is 145 cm³/mol. The highest BCUT2D eigenvalue weighted by molar-refractivity contribution is 5.93. The van der Waals surface area contributed by atoms with E-state index in [9.17, 15) is 24.2 Å². The summed E-state index contributed by atoms with van der Waals surface area (Å²) in [7, 11) is 0. The number of carboxylic acid groups (broad SMARTS) is 1. The highest BCUT2D eigenvalue weighted by atomic mass is 19.1.